The zero-order valence-electron chi connectivity index (χ0n) is 10.8. The Labute approximate surface area is 125 Å². The Hall–Kier alpha value is -2.21. The summed E-state index contributed by atoms with van der Waals surface area (Å²) < 4.78 is 20.1. The van der Waals surface area contributed by atoms with Crippen molar-refractivity contribution in [1.29, 1.82) is 0 Å². The van der Waals surface area contributed by atoms with Crippen LogP contribution < -0.4 is 9.47 Å². The fourth-order valence-corrected chi connectivity index (χ4v) is 2.29. The normalized spacial score (nSPS) is 19.9. The Morgan fingerprint density at radius 2 is 2.19 bits per heavy atom. The van der Waals surface area contributed by atoms with Crippen molar-refractivity contribution in [3.8, 4) is 11.5 Å². The molecule has 1 aromatic rings. The van der Waals surface area contributed by atoms with Gasteiger partial charge in [0.2, 0.25) is 12.9 Å². The Balaban J connectivity index is 1.67. The highest BCUT2D eigenvalue weighted by Gasteiger charge is 2.29. The first kappa shape index (κ1) is 13.8. The van der Waals surface area contributed by atoms with E-state index in [0.29, 0.717) is 28.5 Å². The van der Waals surface area contributed by atoms with Crippen molar-refractivity contribution < 1.29 is 28.5 Å². The summed E-state index contributed by atoms with van der Waals surface area (Å²) in [5.74, 6) is -0.115. The number of cyclic esters (lactones) is 1. The lowest BCUT2D eigenvalue weighted by Gasteiger charge is -2.05. The first-order valence-corrected chi connectivity index (χ1v) is 6.66. The number of fused-ring (bicyclic) bond motifs is 1. The van der Waals surface area contributed by atoms with Crippen molar-refractivity contribution in [2.24, 2.45) is 0 Å². The van der Waals surface area contributed by atoms with Crippen molar-refractivity contribution >= 4 is 29.6 Å². The topological polar surface area (TPSA) is 71.1 Å². The first-order valence-electron chi connectivity index (χ1n) is 6.28. The van der Waals surface area contributed by atoms with E-state index in [0.717, 1.165) is 0 Å². The minimum Gasteiger partial charge on any atom is -0.463 e. The fourth-order valence-electron chi connectivity index (χ4n) is 2.01. The largest absolute Gasteiger partial charge is 0.463 e. The predicted octanol–water partition coefficient (Wildman–Crippen LogP) is 1.94. The van der Waals surface area contributed by atoms with E-state index in [1.54, 1.807) is 12.1 Å². The highest BCUT2D eigenvalue weighted by Crippen LogP contribution is 2.40. The maximum atomic E-state index is 11.6. The molecule has 0 saturated carbocycles. The van der Waals surface area contributed by atoms with Gasteiger partial charge in [-0.05, 0) is 23.8 Å². The summed E-state index contributed by atoms with van der Waals surface area (Å²) in [4.78, 5) is 22.8. The van der Waals surface area contributed by atoms with Gasteiger partial charge in [-0.1, -0.05) is 11.6 Å². The molecule has 0 unspecified atom stereocenters. The Kier molecular flexibility index (Phi) is 3.70. The van der Waals surface area contributed by atoms with Gasteiger partial charge in [-0.3, -0.25) is 0 Å². The summed E-state index contributed by atoms with van der Waals surface area (Å²) in [6.45, 7) is 0.395. The standard InChI is InChI=1S/C14H11ClO6/c15-9-5-8(6-11-13(9)20-7-19-11)1-2-12(16)21-10-3-4-18-14(10)17/h1-2,5-6,10H,3-4,7H2/b2-1+/t10-/m1/s1. The van der Waals surface area contributed by atoms with Crippen LogP contribution >= 0.6 is 11.6 Å². The Morgan fingerprint density at radius 1 is 1.33 bits per heavy atom. The third-order valence-corrected chi connectivity index (χ3v) is 3.29. The molecule has 21 heavy (non-hydrogen) atoms. The molecular formula is C14H11ClO6. The van der Waals surface area contributed by atoms with Crippen LogP contribution in [-0.2, 0) is 19.1 Å². The van der Waals surface area contributed by atoms with Gasteiger partial charge in [-0.25, -0.2) is 9.59 Å². The summed E-state index contributed by atoms with van der Waals surface area (Å²) in [6, 6.07) is 3.34. The fraction of sp³-hybridized carbons (Fsp3) is 0.286. The van der Waals surface area contributed by atoms with Crippen molar-refractivity contribution in [3.63, 3.8) is 0 Å². The highest BCUT2D eigenvalue weighted by molar-refractivity contribution is 6.32. The van der Waals surface area contributed by atoms with Gasteiger partial charge < -0.3 is 18.9 Å². The smallest absolute Gasteiger partial charge is 0.347 e. The molecule has 7 heteroatoms. The van der Waals surface area contributed by atoms with E-state index in [1.165, 1.54) is 12.2 Å². The molecule has 2 aliphatic rings. The number of halogens is 1. The van der Waals surface area contributed by atoms with Crippen LogP contribution in [0.25, 0.3) is 6.08 Å². The van der Waals surface area contributed by atoms with Crippen molar-refractivity contribution in [2.75, 3.05) is 13.4 Å². The third kappa shape index (κ3) is 2.95. The third-order valence-electron chi connectivity index (χ3n) is 3.01. The molecule has 0 aromatic heterocycles. The minimum atomic E-state index is -0.817. The molecule has 0 amide bonds. The number of carbonyl (C=O) groups excluding carboxylic acids is 2. The van der Waals surface area contributed by atoms with Gasteiger partial charge in [-0.2, -0.15) is 0 Å². The minimum absolute atomic E-state index is 0.119. The molecule has 1 saturated heterocycles. The average Bonchev–Trinajstić information content (AvgIpc) is 3.06. The molecule has 3 rings (SSSR count). The first-order chi connectivity index (χ1) is 10.1. The van der Waals surface area contributed by atoms with Crippen LogP contribution in [0.4, 0.5) is 0 Å². The van der Waals surface area contributed by atoms with Gasteiger partial charge in [0.25, 0.3) is 0 Å². The molecule has 2 aliphatic heterocycles. The molecule has 2 heterocycles. The number of hydrogen-bond donors (Lipinski definition) is 0. The quantitative estimate of drug-likeness (QED) is 0.627. The SMILES string of the molecule is O=C(/C=C/c1cc(Cl)c2c(c1)OCO2)O[C@@H]1CCOC1=O. The van der Waals surface area contributed by atoms with E-state index in [4.69, 9.17) is 30.5 Å². The van der Waals surface area contributed by atoms with Crippen molar-refractivity contribution in [2.45, 2.75) is 12.5 Å². The highest BCUT2D eigenvalue weighted by atomic mass is 35.5. The van der Waals surface area contributed by atoms with Crippen LogP contribution in [0, 0.1) is 0 Å². The van der Waals surface area contributed by atoms with Crippen LogP contribution in [-0.4, -0.2) is 31.4 Å². The Bertz CT molecular complexity index is 624. The molecular weight excluding hydrogens is 300 g/mol. The van der Waals surface area contributed by atoms with E-state index in [1.807, 2.05) is 0 Å². The second-order valence-corrected chi connectivity index (χ2v) is 4.86. The van der Waals surface area contributed by atoms with E-state index < -0.39 is 18.0 Å². The molecule has 0 radical (unpaired) electrons. The van der Waals surface area contributed by atoms with Crippen molar-refractivity contribution in [1.82, 2.24) is 0 Å². The average molecular weight is 311 g/mol. The maximum Gasteiger partial charge on any atom is 0.347 e. The summed E-state index contributed by atoms with van der Waals surface area (Å²) >= 11 is 6.03. The molecule has 0 spiro atoms. The molecule has 0 bridgehead atoms. The molecule has 1 atom stereocenters. The number of hydrogen-bond acceptors (Lipinski definition) is 6. The molecule has 1 aromatic carbocycles. The van der Waals surface area contributed by atoms with Crippen LogP contribution in [0.1, 0.15) is 12.0 Å². The predicted molar refractivity (Wildman–Crippen MR) is 72.1 cm³/mol. The second kappa shape index (κ2) is 5.65. The lowest BCUT2D eigenvalue weighted by Crippen LogP contribution is -2.21. The van der Waals surface area contributed by atoms with Gasteiger partial charge >= 0.3 is 11.9 Å². The van der Waals surface area contributed by atoms with Gasteiger partial charge in [0.1, 0.15) is 0 Å². The molecule has 1 fully saturated rings. The molecule has 0 aliphatic carbocycles. The van der Waals surface area contributed by atoms with E-state index in [9.17, 15) is 9.59 Å². The van der Waals surface area contributed by atoms with Crippen LogP contribution in [0.5, 0.6) is 11.5 Å². The Morgan fingerprint density at radius 3 is 2.95 bits per heavy atom. The van der Waals surface area contributed by atoms with E-state index in [-0.39, 0.29) is 13.4 Å². The van der Waals surface area contributed by atoms with Gasteiger partial charge in [0, 0.05) is 12.5 Å². The summed E-state index contributed by atoms with van der Waals surface area (Å²) in [5.41, 5.74) is 0.662. The summed E-state index contributed by atoms with van der Waals surface area (Å²) in [5, 5.41) is 0.400. The number of benzene rings is 1. The lowest BCUT2D eigenvalue weighted by atomic mass is 10.2. The van der Waals surface area contributed by atoms with Gasteiger partial charge in [-0.15, -0.1) is 0 Å². The number of ether oxygens (including phenoxy) is 4. The monoisotopic (exact) mass is 310 g/mol. The zero-order chi connectivity index (χ0) is 14.8. The summed E-state index contributed by atoms with van der Waals surface area (Å²) in [6.07, 6.45) is 2.31. The second-order valence-electron chi connectivity index (χ2n) is 4.45. The van der Waals surface area contributed by atoms with Crippen molar-refractivity contribution in [3.05, 3.63) is 28.8 Å². The van der Waals surface area contributed by atoms with E-state index >= 15 is 0 Å². The van der Waals surface area contributed by atoms with E-state index in [2.05, 4.69) is 0 Å². The molecule has 6 nitrogen and oxygen atoms in total. The van der Waals surface area contributed by atoms with Crippen LogP contribution in [0.15, 0.2) is 18.2 Å². The lowest BCUT2D eigenvalue weighted by molar-refractivity contribution is -0.156. The number of rotatable bonds is 3. The van der Waals surface area contributed by atoms with Crippen LogP contribution in [0.2, 0.25) is 5.02 Å². The molecule has 110 valence electrons. The number of esters is 2. The van der Waals surface area contributed by atoms with Gasteiger partial charge in [0.05, 0.1) is 11.6 Å². The zero-order valence-corrected chi connectivity index (χ0v) is 11.6. The van der Waals surface area contributed by atoms with Crippen LogP contribution in [0.3, 0.4) is 0 Å². The number of carbonyl (C=O) groups is 2. The maximum absolute atomic E-state index is 11.6. The molecule has 0 N–H and O–H groups in total. The summed E-state index contributed by atoms with van der Waals surface area (Å²) in [7, 11) is 0. The van der Waals surface area contributed by atoms with Gasteiger partial charge in [0.15, 0.2) is 11.5 Å².